The van der Waals surface area contributed by atoms with Crippen LogP contribution in [0.2, 0.25) is 5.15 Å². The van der Waals surface area contributed by atoms with Gasteiger partial charge in [0.1, 0.15) is 16.7 Å². The van der Waals surface area contributed by atoms with Crippen LogP contribution in [0.1, 0.15) is 19.8 Å². The van der Waals surface area contributed by atoms with Crippen molar-refractivity contribution in [2.24, 2.45) is 0 Å². The van der Waals surface area contributed by atoms with Gasteiger partial charge in [0, 0.05) is 24.7 Å². The van der Waals surface area contributed by atoms with Gasteiger partial charge in [-0.25, -0.2) is 9.07 Å². The molecule has 0 unspecified atom stereocenters. The fraction of sp³-hybridized carbons (Fsp3) is 0.375. The quantitative estimate of drug-likeness (QED) is 0.859. The van der Waals surface area contributed by atoms with Gasteiger partial charge in [-0.1, -0.05) is 11.6 Å². The molecule has 6 nitrogen and oxygen atoms in total. The molecule has 1 aromatic carbocycles. The summed E-state index contributed by atoms with van der Waals surface area (Å²) in [6.07, 6.45) is 1.11. The largest absolute Gasteiger partial charge is 0.479 e. The van der Waals surface area contributed by atoms with Gasteiger partial charge in [-0.3, -0.25) is 14.3 Å². The van der Waals surface area contributed by atoms with E-state index in [1.165, 1.54) is 16.8 Å². The number of nitrogens with zero attached hydrogens (tertiary/aromatic N) is 2. The van der Waals surface area contributed by atoms with E-state index in [9.17, 15) is 14.0 Å². The van der Waals surface area contributed by atoms with Crippen molar-refractivity contribution in [3.63, 3.8) is 0 Å². The zero-order chi connectivity index (χ0) is 17.0. The Morgan fingerprint density at radius 2 is 1.96 bits per heavy atom. The summed E-state index contributed by atoms with van der Waals surface area (Å²) in [7, 11) is 0. The standard InChI is InChI=1S/C16H15ClFN3O3/c1-8-15(22)19-11-6-9(10(18)7-12(11)24-8)13-14(17)20-4-2-3-5-21(20)16(13)23/h6-8H,2-5H2,1H3,(H,19,22)/t8-/m1/s1. The van der Waals surface area contributed by atoms with E-state index >= 15 is 0 Å². The Kier molecular flexibility index (Phi) is 3.42. The summed E-state index contributed by atoms with van der Waals surface area (Å²) in [6.45, 7) is 2.76. The molecule has 1 aromatic heterocycles. The average Bonchev–Trinajstić information content (AvgIpc) is 2.81. The molecule has 2 aliphatic rings. The van der Waals surface area contributed by atoms with Gasteiger partial charge < -0.3 is 10.1 Å². The van der Waals surface area contributed by atoms with Gasteiger partial charge in [0.05, 0.1) is 11.3 Å². The highest BCUT2D eigenvalue weighted by molar-refractivity contribution is 6.32. The predicted molar refractivity (Wildman–Crippen MR) is 87.0 cm³/mol. The second-order valence-electron chi connectivity index (χ2n) is 6.00. The summed E-state index contributed by atoms with van der Waals surface area (Å²) < 4.78 is 23.2. The minimum Gasteiger partial charge on any atom is -0.479 e. The lowest BCUT2D eigenvalue weighted by Crippen LogP contribution is -2.34. The highest BCUT2D eigenvalue weighted by Crippen LogP contribution is 2.37. The molecule has 0 aliphatic carbocycles. The molecule has 1 N–H and O–H groups in total. The van der Waals surface area contributed by atoms with Crippen LogP contribution in [0.15, 0.2) is 16.9 Å². The van der Waals surface area contributed by atoms with E-state index in [1.54, 1.807) is 11.6 Å². The van der Waals surface area contributed by atoms with Crippen molar-refractivity contribution in [2.75, 3.05) is 5.32 Å². The van der Waals surface area contributed by atoms with Crippen molar-refractivity contribution in [2.45, 2.75) is 39.0 Å². The number of halogens is 2. The van der Waals surface area contributed by atoms with Crippen LogP contribution in [0.3, 0.4) is 0 Å². The molecule has 1 amide bonds. The van der Waals surface area contributed by atoms with Crippen LogP contribution < -0.4 is 15.6 Å². The third-order valence-corrected chi connectivity index (χ3v) is 4.82. The number of carbonyl (C=O) groups is 1. The summed E-state index contributed by atoms with van der Waals surface area (Å²) in [5.41, 5.74) is 0.192. The fourth-order valence-corrected chi connectivity index (χ4v) is 3.53. The number of aromatic nitrogens is 2. The van der Waals surface area contributed by atoms with E-state index in [0.717, 1.165) is 12.8 Å². The SMILES string of the molecule is C[C@H]1Oc2cc(F)c(-c3c(Cl)n4n(c3=O)CCCC4)cc2NC1=O. The summed E-state index contributed by atoms with van der Waals surface area (Å²) >= 11 is 6.35. The zero-order valence-corrected chi connectivity index (χ0v) is 13.7. The maximum atomic E-state index is 14.6. The third-order valence-electron chi connectivity index (χ3n) is 4.43. The lowest BCUT2D eigenvalue weighted by Gasteiger charge is -2.23. The minimum atomic E-state index is -0.696. The van der Waals surface area contributed by atoms with Crippen molar-refractivity contribution in [1.29, 1.82) is 0 Å². The monoisotopic (exact) mass is 351 g/mol. The number of benzene rings is 1. The Morgan fingerprint density at radius 3 is 2.67 bits per heavy atom. The minimum absolute atomic E-state index is 0.0663. The number of fused-ring (bicyclic) bond motifs is 2. The normalized spacial score (nSPS) is 19.3. The first-order chi connectivity index (χ1) is 11.5. The molecule has 0 saturated heterocycles. The van der Waals surface area contributed by atoms with E-state index in [2.05, 4.69) is 5.32 Å². The van der Waals surface area contributed by atoms with Crippen molar-refractivity contribution < 1.29 is 13.9 Å². The zero-order valence-electron chi connectivity index (χ0n) is 12.9. The van der Waals surface area contributed by atoms with E-state index in [1.807, 2.05) is 0 Å². The van der Waals surface area contributed by atoms with Crippen LogP contribution in [0.4, 0.5) is 10.1 Å². The molecule has 24 heavy (non-hydrogen) atoms. The first-order valence-corrected chi connectivity index (χ1v) is 8.15. The van der Waals surface area contributed by atoms with Gasteiger partial charge in [0.25, 0.3) is 11.5 Å². The van der Waals surface area contributed by atoms with E-state index in [0.29, 0.717) is 18.8 Å². The molecular formula is C16H15ClFN3O3. The Labute approximate surface area is 141 Å². The smallest absolute Gasteiger partial charge is 0.276 e. The van der Waals surface area contributed by atoms with Gasteiger partial charge in [-0.05, 0) is 25.8 Å². The lowest BCUT2D eigenvalue weighted by molar-refractivity contribution is -0.122. The van der Waals surface area contributed by atoms with E-state index in [4.69, 9.17) is 16.3 Å². The Hall–Kier alpha value is -2.28. The fourth-order valence-electron chi connectivity index (χ4n) is 3.17. The van der Waals surface area contributed by atoms with Crippen LogP contribution in [0.25, 0.3) is 11.1 Å². The van der Waals surface area contributed by atoms with Crippen LogP contribution in [0, 0.1) is 5.82 Å². The van der Waals surface area contributed by atoms with Crippen molar-refractivity contribution in [3.8, 4) is 16.9 Å². The molecule has 2 aromatic rings. The maximum Gasteiger partial charge on any atom is 0.276 e. The van der Waals surface area contributed by atoms with Crippen molar-refractivity contribution >= 4 is 23.2 Å². The average molecular weight is 352 g/mol. The molecule has 3 heterocycles. The molecule has 126 valence electrons. The molecule has 4 rings (SSSR count). The lowest BCUT2D eigenvalue weighted by atomic mass is 10.1. The van der Waals surface area contributed by atoms with Crippen LogP contribution in [-0.2, 0) is 17.9 Å². The molecule has 0 saturated carbocycles. The number of hydrogen-bond donors (Lipinski definition) is 1. The molecule has 0 fully saturated rings. The number of carbonyl (C=O) groups excluding carboxylic acids is 1. The predicted octanol–water partition coefficient (Wildman–Crippen LogP) is 2.62. The van der Waals surface area contributed by atoms with E-state index in [-0.39, 0.29) is 33.5 Å². The first kappa shape index (κ1) is 15.3. The number of amides is 1. The van der Waals surface area contributed by atoms with E-state index < -0.39 is 11.9 Å². The molecule has 0 radical (unpaired) electrons. The highest BCUT2D eigenvalue weighted by Gasteiger charge is 2.28. The summed E-state index contributed by atoms with van der Waals surface area (Å²) in [6, 6.07) is 2.58. The van der Waals surface area contributed by atoms with Gasteiger partial charge >= 0.3 is 0 Å². The van der Waals surface area contributed by atoms with Gasteiger partial charge in [0.2, 0.25) is 0 Å². The maximum absolute atomic E-state index is 14.6. The first-order valence-electron chi connectivity index (χ1n) is 7.78. The number of hydrogen-bond acceptors (Lipinski definition) is 3. The van der Waals surface area contributed by atoms with Gasteiger partial charge in [-0.15, -0.1) is 0 Å². The number of nitrogens with one attached hydrogen (secondary N) is 1. The third kappa shape index (κ3) is 2.15. The molecule has 8 heteroatoms. The number of ether oxygens (including phenoxy) is 1. The topological polar surface area (TPSA) is 65.3 Å². The Balaban J connectivity index is 1.90. The molecule has 1 atom stereocenters. The summed E-state index contributed by atoms with van der Waals surface area (Å²) in [4.78, 5) is 24.4. The molecule has 0 spiro atoms. The summed E-state index contributed by atoms with van der Waals surface area (Å²) in [5.74, 6) is -0.692. The van der Waals surface area contributed by atoms with Crippen LogP contribution >= 0.6 is 11.6 Å². The highest BCUT2D eigenvalue weighted by atomic mass is 35.5. The second-order valence-corrected chi connectivity index (χ2v) is 6.36. The van der Waals surface area contributed by atoms with Crippen molar-refractivity contribution in [3.05, 3.63) is 33.5 Å². The number of rotatable bonds is 1. The number of anilines is 1. The van der Waals surface area contributed by atoms with Gasteiger partial charge in [-0.2, -0.15) is 0 Å². The second kappa shape index (κ2) is 5.37. The molecular weight excluding hydrogens is 337 g/mol. The Bertz CT molecular complexity index is 918. The molecule has 0 bridgehead atoms. The Morgan fingerprint density at radius 1 is 1.25 bits per heavy atom. The van der Waals surface area contributed by atoms with Crippen molar-refractivity contribution in [1.82, 2.24) is 9.36 Å². The van der Waals surface area contributed by atoms with Crippen LogP contribution in [-0.4, -0.2) is 21.4 Å². The molecule has 2 aliphatic heterocycles. The van der Waals surface area contributed by atoms with Gasteiger partial charge in [0.15, 0.2) is 6.10 Å². The van der Waals surface area contributed by atoms with Crippen LogP contribution in [0.5, 0.6) is 5.75 Å². The summed E-state index contributed by atoms with van der Waals surface area (Å²) in [5, 5.41) is 2.88.